The molecule has 0 heterocycles. The van der Waals surface area contributed by atoms with Gasteiger partial charge in [0.1, 0.15) is 0 Å². The summed E-state index contributed by atoms with van der Waals surface area (Å²) in [7, 11) is 0. The third-order valence-electron chi connectivity index (χ3n) is 2.07. The molecule has 0 saturated carbocycles. The predicted octanol–water partition coefficient (Wildman–Crippen LogP) is 4.37. The fourth-order valence-electron chi connectivity index (χ4n) is 1.29. The highest BCUT2D eigenvalue weighted by Crippen LogP contribution is 2.17. The quantitative estimate of drug-likeness (QED) is 0.558. The minimum Gasteiger partial charge on any atom is -0.0928 e. The van der Waals surface area contributed by atoms with Gasteiger partial charge < -0.3 is 0 Å². The number of unbranched alkanes of at least 4 members (excludes halogenated alkanes) is 1. The van der Waals surface area contributed by atoms with Gasteiger partial charge in [0.25, 0.3) is 0 Å². The summed E-state index contributed by atoms with van der Waals surface area (Å²) in [5.41, 5.74) is 2.57. The van der Waals surface area contributed by atoms with E-state index in [1.807, 2.05) is 6.07 Å². The normalized spacial score (nSPS) is 10.4. The molecule has 0 aromatic heterocycles. The first-order valence-electron chi connectivity index (χ1n) is 4.55. The SMILES string of the molecule is Cc1cc(CCCCBr)ccc1Cl. The van der Waals surface area contributed by atoms with Crippen molar-refractivity contribution in [1.29, 1.82) is 0 Å². The molecule has 0 nitrogen and oxygen atoms in total. The van der Waals surface area contributed by atoms with Crippen LogP contribution in [0.25, 0.3) is 0 Å². The van der Waals surface area contributed by atoms with Crippen molar-refractivity contribution in [2.45, 2.75) is 26.2 Å². The lowest BCUT2D eigenvalue weighted by molar-refractivity contribution is 0.805. The number of rotatable bonds is 4. The van der Waals surface area contributed by atoms with Crippen LogP contribution in [0, 0.1) is 6.92 Å². The zero-order valence-electron chi connectivity index (χ0n) is 7.82. The third-order valence-corrected chi connectivity index (χ3v) is 3.06. The number of alkyl halides is 1. The van der Waals surface area contributed by atoms with Gasteiger partial charge in [0.15, 0.2) is 0 Å². The molecule has 0 radical (unpaired) electrons. The molecule has 0 spiro atoms. The van der Waals surface area contributed by atoms with Crippen LogP contribution in [0.3, 0.4) is 0 Å². The summed E-state index contributed by atoms with van der Waals surface area (Å²) in [5.74, 6) is 0. The van der Waals surface area contributed by atoms with Gasteiger partial charge in [-0.3, -0.25) is 0 Å². The third kappa shape index (κ3) is 3.70. The second-order valence-electron chi connectivity index (χ2n) is 3.23. The molecule has 72 valence electrons. The van der Waals surface area contributed by atoms with Gasteiger partial charge in [-0.25, -0.2) is 0 Å². The molecule has 13 heavy (non-hydrogen) atoms. The molecule has 1 rings (SSSR count). The number of hydrogen-bond donors (Lipinski definition) is 0. The Balaban J connectivity index is 2.53. The summed E-state index contributed by atoms with van der Waals surface area (Å²) in [6, 6.07) is 6.28. The van der Waals surface area contributed by atoms with Crippen molar-refractivity contribution in [3.8, 4) is 0 Å². The molecular formula is C11H14BrCl. The van der Waals surface area contributed by atoms with E-state index in [4.69, 9.17) is 11.6 Å². The van der Waals surface area contributed by atoms with Crippen molar-refractivity contribution in [3.05, 3.63) is 34.3 Å². The molecule has 0 atom stereocenters. The van der Waals surface area contributed by atoms with Gasteiger partial charge in [-0.1, -0.05) is 39.7 Å². The lowest BCUT2D eigenvalue weighted by Gasteiger charge is -2.03. The van der Waals surface area contributed by atoms with Gasteiger partial charge in [-0.05, 0) is 43.4 Å². The van der Waals surface area contributed by atoms with E-state index in [9.17, 15) is 0 Å². The summed E-state index contributed by atoms with van der Waals surface area (Å²) in [6.07, 6.45) is 3.64. The maximum absolute atomic E-state index is 5.93. The zero-order chi connectivity index (χ0) is 9.68. The van der Waals surface area contributed by atoms with E-state index in [-0.39, 0.29) is 0 Å². The first-order valence-corrected chi connectivity index (χ1v) is 6.05. The average molecular weight is 262 g/mol. The standard InChI is InChI=1S/C11H14BrCl/c1-9-8-10(4-2-3-7-12)5-6-11(9)13/h5-6,8H,2-4,7H2,1H3. The van der Waals surface area contributed by atoms with E-state index in [0.29, 0.717) is 0 Å². The van der Waals surface area contributed by atoms with Gasteiger partial charge in [-0.2, -0.15) is 0 Å². The van der Waals surface area contributed by atoms with Crippen molar-refractivity contribution in [3.63, 3.8) is 0 Å². The maximum atomic E-state index is 5.93. The van der Waals surface area contributed by atoms with Crippen LogP contribution in [0.1, 0.15) is 24.0 Å². The van der Waals surface area contributed by atoms with Crippen LogP contribution in [0.4, 0.5) is 0 Å². The monoisotopic (exact) mass is 260 g/mol. The Labute approximate surface area is 93.4 Å². The fraction of sp³-hybridized carbons (Fsp3) is 0.455. The molecule has 0 unspecified atom stereocenters. The van der Waals surface area contributed by atoms with Crippen molar-refractivity contribution in [2.75, 3.05) is 5.33 Å². The zero-order valence-corrected chi connectivity index (χ0v) is 10.2. The van der Waals surface area contributed by atoms with Crippen molar-refractivity contribution >= 4 is 27.5 Å². The molecule has 0 aliphatic carbocycles. The Kier molecular flexibility index (Phi) is 4.82. The summed E-state index contributed by atoms with van der Waals surface area (Å²) >= 11 is 9.36. The number of hydrogen-bond acceptors (Lipinski definition) is 0. The van der Waals surface area contributed by atoms with E-state index in [0.717, 1.165) is 16.8 Å². The van der Waals surface area contributed by atoms with Crippen molar-refractivity contribution < 1.29 is 0 Å². The van der Waals surface area contributed by atoms with Gasteiger partial charge in [0.05, 0.1) is 0 Å². The van der Waals surface area contributed by atoms with Crippen LogP contribution in [-0.4, -0.2) is 5.33 Å². The highest BCUT2D eigenvalue weighted by atomic mass is 79.9. The van der Waals surface area contributed by atoms with Crippen LogP contribution in [-0.2, 0) is 6.42 Å². The van der Waals surface area contributed by atoms with E-state index >= 15 is 0 Å². The van der Waals surface area contributed by atoms with Gasteiger partial charge in [0, 0.05) is 10.4 Å². The van der Waals surface area contributed by atoms with E-state index in [1.54, 1.807) is 0 Å². The first kappa shape index (κ1) is 11.1. The van der Waals surface area contributed by atoms with Gasteiger partial charge in [-0.15, -0.1) is 0 Å². The molecule has 0 saturated heterocycles. The second kappa shape index (κ2) is 5.66. The number of aryl methyl sites for hydroxylation is 2. The second-order valence-corrected chi connectivity index (χ2v) is 4.43. The van der Waals surface area contributed by atoms with Crippen LogP contribution < -0.4 is 0 Å². The number of halogens is 2. The smallest absolute Gasteiger partial charge is 0.0435 e. The van der Waals surface area contributed by atoms with Crippen molar-refractivity contribution in [2.24, 2.45) is 0 Å². The fourth-order valence-corrected chi connectivity index (χ4v) is 1.80. The van der Waals surface area contributed by atoms with E-state index < -0.39 is 0 Å². The Morgan fingerprint density at radius 1 is 1.31 bits per heavy atom. The topological polar surface area (TPSA) is 0 Å². The minimum absolute atomic E-state index is 0.865. The van der Waals surface area contributed by atoms with Crippen LogP contribution in [0.15, 0.2) is 18.2 Å². The molecule has 0 N–H and O–H groups in total. The summed E-state index contributed by atoms with van der Waals surface area (Å²) < 4.78 is 0. The van der Waals surface area contributed by atoms with Crippen LogP contribution >= 0.6 is 27.5 Å². The number of benzene rings is 1. The van der Waals surface area contributed by atoms with Gasteiger partial charge >= 0.3 is 0 Å². The first-order chi connectivity index (χ1) is 6.24. The summed E-state index contributed by atoms with van der Waals surface area (Å²) in [5, 5.41) is 1.96. The average Bonchev–Trinajstić information content (AvgIpc) is 2.12. The molecule has 1 aromatic rings. The molecule has 0 bridgehead atoms. The molecule has 0 fully saturated rings. The molecule has 2 heteroatoms. The Hall–Kier alpha value is -0.0100. The maximum Gasteiger partial charge on any atom is 0.0435 e. The summed E-state index contributed by atoms with van der Waals surface area (Å²) in [4.78, 5) is 0. The Morgan fingerprint density at radius 3 is 2.69 bits per heavy atom. The Bertz CT molecular complexity index is 271. The minimum atomic E-state index is 0.865. The van der Waals surface area contributed by atoms with Crippen LogP contribution in [0.5, 0.6) is 0 Å². The van der Waals surface area contributed by atoms with E-state index in [2.05, 4.69) is 35.0 Å². The largest absolute Gasteiger partial charge is 0.0928 e. The highest BCUT2D eigenvalue weighted by Gasteiger charge is 1.97. The summed E-state index contributed by atoms with van der Waals surface area (Å²) in [6.45, 7) is 2.05. The van der Waals surface area contributed by atoms with Crippen molar-refractivity contribution in [1.82, 2.24) is 0 Å². The van der Waals surface area contributed by atoms with E-state index in [1.165, 1.54) is 24.0 Å². The molecule has 1 aromatic carbocycles. The lowest BCUT2D eigenvalue weighted by atomic mass is 10.1. The molecule has 0 aliphatic rings. The Morgan fingerprint density at radius 2 is 2.08 bits per heavy atom. The molecular weight excluding hydrogens is 247 g/mol. The molecule has 0 aliphatic heterocycles. The lowest BCUT2D eigenvalue weighted by Crippen LogP contribution is -1.87. The highest BCUT2D eigenvalue weighted by molar-refractivity contribution is 9.09. The van der Waals surface area contributed by atoms with Crippen LogP contribution in [0.2, 0.25) is 5.02 Å². The molecule has 0 amide bonds. The predicted molar refractivity (Wildman–Crippen MR) is 62.9 cm³/mol. The van der Waals surface area contributed by atoms with Gasteiger partial charge in [0.2, 0.25) is 0 Å².